The molecule has 2 rings (SSSR count). The van der Waals surface area contributed by atoms with Crippen LogP contribution in [-0.2, 0) is 14.3 Å². The van der Waals surface area contributed by atoms with Gasteiger partial charge in [-0.3, -0.25) is 14.5 Å². The van der Waals surface area contributed by atoms with Gasteiger partial charge < -0.3 is 14.8 Å². The van der Waals surface area contributed by atoms with Crippen molar-refractivity contribution in [1.29, 1.82) is 0 Å². The molecule has 1 amide bonds. The van der Waals surface area contributed by atoms with Crippen molar-refractivity contribution in [3.8, 4) is 5.75 Å². The molecule has 0 spiro atoms. The number of nitrogens with one attached hydrogen (secondary N) is 1. The lowest BCUT2D eigenvalue weighted by Crippen LogP contribution is -2.35. The summed E-state index contributed by atoms with van der Waals surface area (Å²) >= 11 is 14.4. The van der Waals surface area contributed by atoms with Crippen LogP contribution >= 0.6 is 39.7 Å². The highest BCUT2D eigenvalue weighted by atomic mass is 79.9. The number of methoxy groups -OCH3 is 2. The van der Waals surface area contributed by atoms with E-state index in [0.29, 0.717) is 20.8 Å². The van der Waals surface area contributed by atoms with Crippen LogP contribution < -0.4 is 10.1 Å². The first-order valence-corrected chi connectivity index (χ1v) is 7.89. The molecule has 1 aromatic carbocycles. The second-order valence-corrected chi connectivity index (χ2v) is 6.14. The van der Waals surface area contributed by atoms with Crippen molar-refractivity contribution in [1.82, 2.24) is 10.2 Å². The molecule has 1 saturated heterocycles. The molecule has 1 aromatic rings. The smallest absolute Gasteiger partial charge is 0.325 e. The Balaban J connectivity index is 2.36. The topological polar surface area (TPSA) is 67.9 Å². The summed E-state index contributed by atoms with van der Waals surface area (Å²) in [5.41, 5.74) is 0.803. The molecule has 0 atom stereocenters. The van der Waals surface area contributed by atoms with Gasteiger partial charge >= 0.3 is 5.97 Å². The molecule has 0 unspecified atom stereocenters. The maximum atomic E-state index is 12.4. The third-order valence-electron chi connectivity index (χ3n) is 3.02. The van der Waals surface area contributed by atoms with Gasteiger partial charge in [-0.15, -0.1) is 0 Å². The maximum Gasteiger partial charge on any atom is 0.325 e. The van der Waals surface area contributed by atoms with E-state index in [1.165, 1.54) is 14.2 Å². The van der Waals surface area contributed by atoms with E-state index in [9.17, 15) is 9.59 Å². The van der Waals surface area contributed by atoms with Crippen LogP contribution in [0, 0.1) is 0 Å². The number of benzene rings is 1. The third kappa shape index (κ3) is 3.82. The van der Waals surface area contributed by atoms with E-state index in [1.54, 1.807) is 18.2 Å². The molecule has 0 bridgehead atoms. The predicted molar refractivity (Wildman–Crippen MR) is 93.1 cm³/mol. The molecule has 0 aliphatic carbocycles. The van der Waals surface area contributed by atoms with Crippen molar-refractivity contribution < 1.29 is 19.1 Å². The molecule has 1 heterocycles. The van der Waals surface area contributed by atoms with Gasteiger partial charge in [0.05, 0.1) is 18.7 Å². The summed E-state index contributed by atoms with van der Waals surface area (Å²) in [5.74, 6) is -0.473. The van der Waals surface area contributed by atoms with Crippen molar-refractivity contribution >= 4 is 62.8 Å². The molecule has 23 heavy (non-hydrogen) atoms. The Bertz CT molecular complexity index is 723. The third-order valence-corrected chi connectivity index (χ3v) is 4.15. The van der Waals surface area contributed by atoms with Crippen LogP contribution in [0.15, 0.2) is 22.3 Å². The van der Waals surface area contributed by atoms with Gasteiger partial charge in [-0.2, -0.15) is 0 Å². The Hall–Kier alpha value is -1.64. The largest absolute Gasteiger partial charge is 0.495 e. The van der Waals surface area contributed by atoms with Gasteiger partial charge in [0.1, 0.15) is 18.0 Å². The standard InChI is InChI=1S/C14H12BrClN2O4S/c1-21-11(19)6-18-13(20)10(17-14(18)23)4-7-3-8(16)5-9(15)12(7)22-2/h3-5H,6H2,1-2H3,(H,17,23)/b10-4-. The molecule has 1 aliphatic heterocycles. The number of carbonyl (C=O) groups is 2. The lowest BCUT2D eigenvalue weighted by Gasteiger charge is -2.11. The number of nitrogens with zero attached hydrogens (tertiary/aromatic N) is 1. The van der Waals surface area contributed by atoms with Crippen LogP contribution in [0.2, 0.25) is 5.02 Å². The van der Waals surface area contributed by atoms with Gasteiger partial charge in [-0.05, 0) is 46.4 Å². The van der Waals surface area contributed by atoms with E-state index in [2.05, 4.69) is 26.0 Å². The van der Waals surface area contributed by atoms with E-state index in [0.717, 1.165) is 4.90 Å². The van der Waals surface area contributed by atoms with Crippen LogP contribution in [0.5, 0.6) is 5.75 Å². The fourth-order valence-electron chi connectivity index (χ4n) is 1.97. The van der Waals surface area contributed by atoms with Crippen LogP contribution in [0.1, 0.15) is 5.56 Å². The molecule has 0 saturated carbocycles. The molecule has 6 nitrogen and oxygen atoms in total. The fourth-order valence-corrected chi connectivity index (χ4v) is 3.22. The van der Waals surface area contributed by atoms with Gasteiger partial charge in [0.2, 0.25) is 0 Å². The van der Waals surface area contributed by atoms with E-state index in [-0.39, 0.29) is 17.4 Å². The summed E-state index contributed by atoms with van der Waals surface area (Å²) in [6, 6.07) is 3.33. The average Bonchev–Trinajstić information content (AvgIpc) is 2.74. The van der Waals surface area contributed by atoms with Crippen molar-refractivity contribution in [2.24, 2.45) is 0 Å². The summed E-state index contributed by atoms with van der Waals surface area (Å²) in [4.78, 5) is 24.8. The lowest BCUT2D eigenvalue weighted by atomic mass is 10.1. The zero-order valence-electron chi connectivity index (χ0n) is 12.2. The summed E-state index contributed by atoms with van der Waals surface area (Å²) in [5, 5.41) is 3.38. The summed E-state index contributed by atoms with van der Waals surface area (Å²) in [7, 11) is 2.75. The highest BCUT2D eigenvalue weighted by Crippen LogP contribution is 2.34. The Morgan fingerprint density at radius 3 is 2.78 bits per heavy atom. The normalized spacial score (nSPS) is 15.8. The highest BCUT2D eigenvalue weighted by molar-refractivity contribution is 9.10. The molecular formula is C14H12BrClN2O4S. The average molecular weight is 420 g/mol. The number of hydrogen-bond donors (Lipinski definition) is 1. The molecular weight excluding hydrogens is 408 g/mol. The summed E-state index contributed by atoms with van der Waals surface area (Å²) in [6.45, 7) is -0.255. The number of hydrogen-bond acceptors (Lipinski definition) is 5. The Kier molecular flexibility index (Phi) is 5.61. The van der Waals surface area contributed by atoms with Crippen LogP contribution in [0.4, 0.5) is 0 Å². The summed E-state index contributed by atoms with van der Waals surface area (Å²) < 4.78 is 10.5. The van der Waals surface area contributed by atoms with Gasteiger partial charge in [0, 0.05) is 10.6 Å². The van der Waals surface area contributed by atoms with E-state index < -0.39 is 11.9 Å². The number of ether oxygens (including phenoxy) is 2. The SMILES string of the molecule is COC(=O)CN1C(=O)/C(=C/c2cc(Cl)cc(Br)c2OC)NC1=S. The quantitative estimate of drug-likeness (QED) is 0.459. The van der Waals surface area contributed by atoms with E-state index in [4.69, 9.17) is 28.6 Å². The number of carbonyl (C=O) groups excluding carboxylic acids is 2. The number of thiocarbonyl (C=S) groups is 1. The van der Waals surface area contributed by atoms with Crippen molar-refractivity contribution in [2.45, 2.75) is 0 Å². The molecule has 0 aromatic heterocycles. The van der Waals surface area contributed by atoms with E-state index in [1.807, 2.05) is 0 Å². The van der Waals surface area contributed by atoms with Gasteiger partial charge in [0.25, 0.3) is 5.91 Å². The first-order chi connectivity index (χ1) is 10.9. The maximum absolute atomic E-state index is 12.4. The molecule has 9 heteroatoms. The highest BCUT2D eigenvalue weighted by Gasteiger charge is 2.32. The molecule has 1 aliphatic rings. The summed E-state index contributed by atoms with van der Waals surface area (Å²) in [6.07, 6.45) is 1.56. The van der Waals surface area contributed by atoms with Crippen molar-refractivity contribution in [3.05, 3.63) is 32.9 Å². The number of esters is 1. The second-order valence-electron chi connectivity index (χ2n) is 4.47. The monoisotopic (exact) mass is 418 g/mol. The van der Waals surface area contributed by atoms with Crippen LogP contribution in [0.25, 0.3) is 6.08 Å². The Morgan fingerprint density at radius 1 is 1.48 bits per heavy atom. The first kappa shape index (κ1) is 17.7. The zero-order chi connectivity index (χ0) is 17.1. The number of halogens is 2. The minimum atomic E-state index is -0.563. The molecule has 1 fully saturated rings. The van der Waals surface area contributed by atoms with Gasteiger partial charge in [0.15, 0.2) is 5.11 Å². The lowest BCUT2D eigenvalue weighted by molar-refractivity contribution is -0.143. The predicted octanol–water partition coefficient (Wildman–Crippen LogP) is 2.34. The molecule has 122 valence electrons. The number of amides is 1. The minimum absolute atomic E-state index is 0.131. The second kappa shape index (κ2) is 7.29. The van der Waals surface area contributed by atoms with Gasteiger partial charge in [-0.25, -0.2) is 0 Å². The fraction of sp³-hybridized carbons (Fsp3) is 0.214. The van der Waals surface area contributed by atoms with Crippen LogP contribution in [-0.4, -0.2) is 42.7 Å². The van der Waals surface area contributed by atoms with Crippen LogP contribution in [0.3, 0.4) is 0 Å². The van der Waals surface area contributed by atoms with Gasteiger partial charge in [-0.1, -0.05) is 11.6 Å². The Labute approximate surface area is 151 Å². The first-order valence-electron chi connectivity index (χ1n) is 6.31. The number of rotatable bonds is 4. The minimum Gasteiger partial charge on any atom is -0.495 e. The van der Waals surface area contributed by atoms with Crippen molar-refractivity contribution in [2.75, 3.05) is 20.8 Å². The molecule has 0 radical (unpaired) electrons. The molecule has 1 N–H and O–H groups in total. The Morgan fingerprint density at radius 2 is 2.17 bits per heavy atom. The van der Waals surface area contributed by atoms with Crippen molar-refractivity contribution in [3.63, 3.8) is 0 Å². The zero-order valence-corrected chi connectivity index (χ0v) is 15.3. The van der Waals surface area contributed by atoms with E-state index >= 15 is 0 Å².